The number of hydrogen-bond donors (Lipinski definition) is 1. The average molecular weight is 352 g/mol. The molecule has 1 N–H and O–H groups in total. The van der Waals surface area contributed by atoms with Crippen LogP contribution in [0, 0.1) is 0 Å². The molecule has 2 atom stereocenters. The molecule has 7 heteroatoms. The van der Waals surface area contributed by atoms with Crippen molar-refractivity contribution in [1.29, 1.82) is 0 Å². The molecule has 0 saturated heterocycles. The van der Waals surface area contributed by atoms with Crippen LogP contribution in [0.1, 0.15) is 26.3 Å². The number of benzene rings is 1. The molecule has 0 radical (unpaired) electrons. The van der Waals surface area contributed by atoms with Crippen LogP contribution in [0.25, 0.3) is 0 Å². The lowest BCUT2D eigenvalue weighted by atomic mass is 10.0. The summed E-state index contributed by atoms with van der Waals surface area (Å²) < 4.78 is 10.7. The molecule has 0 aliphatic heterocycles. The molecular weight excluding hydrogens is 324 g/mol. The Kier molecular flexibility index (Phi) is 7.86. The number of ether oxygens (including phenoxy) is 2. The molecule has 1 aromatic carbocycles. The molecule has 7 nitrogen and oxygen atoms in total. The highest BCUT2D eigenvalue weighted by Crippen LogP contribution is 2.13. The molecule has 0 aromatic heterocycles. The smallest absolute Gasteiger partial charge is 0.407 e. The van der Waals surface area contributed by atoms with Crippen molar-refractivity contribution in [2.24, 2.45) is 0 Å². The van der Waals surface area contributed by atoms with Gasteiger partial charge in [0, 0.05) is 14.2 Å². The number of hydrogen-bond acceptors (Lipinski definition) is 5. The summed E-state index contributed by atoms with van der Waals surface area (Å²) in [5, 5.41) is 3.82. The first kappa shape index (κ1) is 20.9. The standard InChI is InChI=1S/C18H28N2O5/c1-18(2,3)25-17(22)19-14(12-13-10-8-7-9-11-13)15(23-5)16(21)20(4)24-6/h7-11,14-15H,12H2,1-6H3,(H,19,22)/t14-,15+/m0/s1. The maximum atomic E-state index is 12.5. The largest absolute Gasteiger partial charge is 0.444 e. The van der Waals surface area contributed by atoms with E-state index in [0.717, 1.165) is 10.6 Å². The second-order valence-electron chi connectivity index (χ2n) is 6.62. The third-order valence-electron chi connectivity index (χ3n) is 3.45. The van der Waals surface area contributed by atoms with Crippen molar-refractivity contribution in [3.05, 3.63) is 35.9 Å². The predicted molar refractivity (Wildman–Crippen MR) is 93.9 cm³/mol. The van der Waals surface area contributed by atoms with E-state index in [9.17, 15) is 9.59 Å². The van der Waals surface area contributed by atoms with Gasteiger partial charge in [-0.25, -0.2) is 9.86 Å². The first-order valence-corrected chi connectivity index (χ1v) is 8.06. The van der Waals surface area contributed by atoms with Crippen LogP contribution in [0.15, 0.2) is 30.3 Å². The highest BCUT2D eigenvalue weighted by molar-refractivity contribution is 5.81. The molecule has 0 heterocycles. The summed E-state index contributed by atoms with van der Waals surface area (Å²) in [5.74, 6) is -0.401. The number of nitrogens with one attached hydrogen (secondary N) is 1. The lowest BCUT2D eigenvalue weighted by molar-refractivity contribution is -0.181. The van der Waals surface area contributed by atoms with Gasteiger partial charge in [-0.2, -0.15) is 0 Å². The minimum absolute atomic E-state index is 0.401. The third-order valence-corrected chi connectivity index (χ3v) is 3.45. The Labute approximate surface area is 149 Å². The van der Waals surface area contributed by atoms with Gasteiger partial charge in [0.05, 0.1) is 13.2 Å². The monoisotopic (exact) mass is 352 g/mol. The van der Waals surface area contributed by atoms with Gasteiger partial charge < -0.3 is 14.8 Å². The van der Waals surface area contributed by atoms with Gasteiger partial charge in [0.15, 0.2) is 6.10 Å². The van der Waals surface area contributed by atoms with E-state index in [1.54, 1.807) is 20.8 Å². The van der Waals surface area contributed by atoms with Gasteiger partial charge in [0.25, 0.3) is 5.91 Å². The highest BCUT2D eigenvalue weighted by Gasteiger charge is 2.33. The lowest BCUT2D eigenvalue weighted by Crippen LogP contribution is -2.53. The van der Waals surface area contributed by atoms with Crippen LogP contribution in [0.2, 0.25) is 0 Å². The van der Waals surface area contributed by atoms with E-state index in [4.69, 9.17) is 14.3 Å². The van der Waals surface area contributed by atoms with E-state index in [1.165, 1.54) is 21.3 Å². The zero-order valence-corrected chi connectivity index (χ0v) is 15.7. The van der Waals surface area contributed by atoms with Gasteiger partial charge in [0.1, 0.15) is 5.60 Å². The van der Waals surface area contributed by atoms with Crippen molar-refractivity contribution in [3.63, 3.8) is 0 Å². The molecule has 140 valence electrons. The second-order valence-corrected chi connectivity index (χ2v) is 6.62. The first-order chi connectivity index (χ1) is 11.7. The zero-order chi connectivity index (χ0) is 19.0. The Morgan fingerprint density at radius 1 is 1.16 bits per heavy atom. The molecule has 0 bridgehead atoms. The number of likely N-dealkylation sites (N-methyl/N-ethyl adjacent to an activating group) is 1. The van der Waals surface area contributed by atoms with Crippen molar-refractivity contribution in [3.8, 4) is 0 Å². The topological polar surface area (TPSA) is 77.1 Å². The maximum Gasteiger partial charge on any atom is 0.407 e. The Morgan fingerprint density at radius 3 is 2.24 bits per heavy atom. The van der Waals surface area contributed by atoms with Gasteiger partial charge in [-0.1, -0.05) is 30.3 Å². The van der Waals surface area contributed by atoms with E-state index >= 15 is 0 Å². The van der Waals surface area contributed by atoms with Crippen molar-refractivity contribution >= 4 is 12.0 Å². The van der Waals surface area contributed by atoms with Gasteiger partial charge in [-0.15, -0.1) is 0 Å². The summed E-state index contributed by atoms with van der Waals surface area (Å²) >= 11 is 0. The number of carbonyl (C=O) groups is 2. The first-order valence-electron chi connectivity index (χ1n) is 8.06. The maximum absolute atomic E-state index is 12.5. The fourth-order valence-corrected chi connectivity index (χ4v) is 2.27. The summed E-state index contributed by atoms with van der Waals surface area (Å²) in [5.41, 5.74) is 0.315. The minimum atomic E-state index is -0.919. The van der Waals surface area contributed by atoms with Crippen molar-refractivity contribution in [2.75, 3.05) is 21.3 Å². The van der Waals surface area contributed by atoms with E-state index in [0.29, 0.717) is 6.42 Å². The van der Waals surface area contributed by atoms with Crippen LogP contribution < -0.4 is 5.32 Å². The van der Waals surface area contributed by atoms with Crippen LogP contribution >= 0.6 is 0 Å². The normalized spacial score (nSPS) is 13.7. The van der Waals surface area contributed by atoms with Crippen molar-refractivity contribution in [2.45, 2.75) is 44.9 Å². The van der Waals surface area contributed by atoms with Crippen LogP contribution in [0.5, 0.6) is 0 Å². The molecule has 2 amide bonds. The second kappa shape index (κ2) is 9.39. The molecule has 0 spiro atoms. The van der Waals surface area contributed by atoms with Gasteiger partial charge >= 0.3 is 6.09 Å². The number of amides is 2. The van der Waals surface area contributed by atoms with Crippen LogP contribution in [-0.4, -0.2) is 56.1 Å². The summed E-state index contributed by atoms with van der Waals surface area (Å²) in [6.07, 6.45) is -1.12. The van der Waals surface area contributed by atoms with Crippen LogP contribution in [0.4, 0.5) is 4.79 Å². The Hall–Kier alpha value is -2.12. The zero-order valence-electron chi connectivity index (χ0n) is 15.7. The van der Waals surface area contributed by atoms with Crippen molar-refractivity contribution in [1.82, 2.24) is 10.4 Å². The molecular formula is C18H28N2O5. The van der Waals surface area contributed by atoms with Crippen molar-refractivity contribution < 1.29 is 23.9 Å². The van der Waals surface area contributed by atoms with Gasteiger partial charge in [0.2, 0.25) is 0 Å². The fraction of sp³-hybridized carbons (Fsp3) is 0.556. The number of alkyl carbamates (subject to hydrolysis) is 1. The number of rotatable bonds is 7. The molecule has 0 fully saturated rings. The summed E-state index contributed by atoms with van der Waals surface area (Å²) in [4.78, 5) is 29.6. The summed E-state index contributed by atoms with van der Waals surface area (Å²) in [7, 11) is 4.29. The molecule has 25 heavy (non-hydrogen) atoms. The van der Waals surface area contributed by atoms with E-state index < -0.39 is 29.7 Å². The minimum Gasteiger partial charge on any atom is -0.444 e. The van der Waals surface area contributed by atoms with Gasteiger partial charge in [-0.05, 0) is 32.8 Å². The number of hydroxylamine groups is 2. The quantitative estimate of drug-likeness (QED) is 0.761. The van der Waals surface area contributed by atoms with E-state index in [1.807, 2.05) is 30.3 Å². The molecule has 0 unspecified atom stereocenters. The number of nitrogens with zero attached hydrogens (tertiary/aromatic N) is 1. The molecule has 1 aromatic rings. The summed E-state index contributed by atoms with van der Waals surface area (Å²) in [6.45, 7) is 5.32. The van der Waals surface area contributed by atoms with Crippen LogP contribution in [0.3, 0.4) is 0 Å². The Morgan fingerprint density at radius 2 is 1.76 bits per heavy atom. The lowest BCUT2D eigenvalue weighted by Gasteiger charge is -2.29. The highest BCUT2D eigenvalue weighted by atomic mass is 16.7. The number of carbonyl (C=O) groups excluding carboxylic acids is 2. The van der Waals surface area contributed by atoms with Gasteiger partial charge in [-0.3, -0.25) is 9.63 Å². The SMILES string of the molecule is CO[C@@H](C(=O)N(C)OC)[C@H](Cc1ccccc1)NC(=O)OC(C)(C)C. The predicted octanol–water partition coefficient (Wildman–Crippen LogP) is 2.16. The van der Waals surface area contributed by atoms with E-state index in [2.05, 4.69) is 5.32 Å². The average Bonchev–Trinajstić information content (AvgIpc) is 2.53. The fourth-order valence-electron chi connectivity index (χ4n) is 2.27. The molecule has 1 rings (SSSR count). The number of methoxy groups -OCH3 is 1. The molecule has 0 aliphatic carbocycles. The Bertz CT molecular complexity index is 556. The molecule has 0 saturated carbocycles. The Balaban J connectivity index is 3.00. The van der Waals surface area contributed by atoms with Crippen LogP contribution in [-0.2, 0) is 25.5 Å². The summed E-state index contributed by atoms with van der Waals surface area (Å²) in [6, 6.07) is 8.90. The third kappa shape index (κ3) is 7.11. The molecule has 0 aliphatic rings. The van der Waals surface area contributed by atoms with E-state index in [-0.39, 0.29) is 0 Å².